The fourth-order valence-electron chi connectivity index (χ4n) is 1.85. The van der Waals surface area contributed by atoms with E-state index in [0.29, 0.717) is 6.42 Å². The molecule has 0 aliphatic heterocycles. The van der Waals surface area contributed by atoms with Gasteiger partial charge in [0.1, 0.15) is 0 Å². The van der Waals surface area contributed by atoms with Crippen molar-refractivity contribution in [1.82, 2.24) is 0 Å². The second kappa shape index (κ2) is 9.13. The Morgan fingerprint density at radius 3 is 2.50 bits per heavy atom. The zero-order chi connectivity index (χ0) is 14.8. The second-order valence-electron chi connectivity index (χ2n) is 5.12. The minimum absolute atomic E-state index is 0.218. The van der Waals surface area contributed by atoms with Crippen LogP contribution in [0.5, 0.6) is 0 Å². The number of rotatable bonds is 7. The van der Waals surface area contributed by atoms with Crippen molar-refractivity contribution in [1.29, 1.82) is 0 Å². The van der Waals surface area contributed by atoms with E-state index in [1.54, 1.807) is 6.26 Å². The number of hydrogen-bond acceptors (Lipinski definition) is 2. The van der Waals surface area contributed by atoms with Crippen LogP contribution in [0.2, 0.25) is 0 Å². The molecule has 1 aromatic rings. The maximum absolute atomic E-state index is 11.7. The number of carbonyl (C=O) groups is 1. The highest BCUT2D eigenvalue weighted by molar-refractivity contribution is 5.73. The van der Waals surface area contributed by atoms with E-state index in [4.69, 9.17) is 4.74 Å². The van der Waals surface area contributed by atoms with Crippen molar-refractivity contribution in [3.05, 3.63) is 59.4 Å². The van der Waals surface area contributed by atoms with Crippen LogP contribution < -0.4 is 0 Å². The molecule has 0 saturated heterocycles. The zero-order valence-corrected chi connectivity index (χ0v) is 12.7. The van der Waals surface area contributed by atoms with Crippen LogP contribution in [0.15, 0.2) is 53.8 Å². The van der Waals surface area contributed by atoms with E-state index in [1.807, 2.05) is 37.3 Å². The van der Waals surface area contributed by atoms with Gasteiger partial charge in [-0.15, -0.1) is 0 Å². The van der Waals surface area contributed by atoms with E-state index in [2.05, 4.69) is 19.9 Å². The molecular weight excluding hydrogens is 248 g/mol. The summed E-state index contributed by atoms with van der Waals surface area (Å²) in [5.74, 6) is -0.218. The molecule has 2 heteroatoms. The van der Waals surface area contributed by atoms with Crippen molar-refractivity contribution in [3.8, 4) is 0 Å². The molecule has 0 aromatic heterocycles. The summed E-state index contributed by atoms with van der Waals surface area (Å²) in [6.07, 6.45) is 7.21. The number of benzene rings is 1. The van der Waals surface area contributed by atoms with Crippen molar-refractivity contribution in [2.75, 3.05) is 0 Å². The molecule has 0 heterocycles. The summed E-state index contributed by atoms with van der Waals surface area (Å²) >= 11 is 0. The minimum atomic E-state index is -0.218. The molecule has 108 valence electrons. The average molecular weight is 272 g/mol. The van der Waals surface area contributed by atoms with E-state index < -0.39 is 0 Å². The fourth-order valence-corrected chi connectivity index (χ4v) is 1.85. The normalized spacial score (nSPS) is 12.3. The van der Waals surface area contributed by atoms with E-state index in [9.17, 15) is 4.79 Å². The van der Waals surface area contributed by atoms with Crippen molar-refractivity contribution in [2.24, 2.45) is 0 Å². The molecular formula is C18H24O2. The number of esters is 1. The van der Waals surface area contributed by atoms with Crippen LogP contribution in [0.25, 0.3) is 0 Å². The van der Waals surface area contributed by atoms with E-state index in [1.165, 1.54) is 5.57 Å². The third kappa shape index (κ3) is 6.93. The first-order valence-corrected chi connectivity index (χ1v) is 7.16. The lowest BCUT2D eigenvalue weighted by molar-refractivity contribution is -0.137. The Labute approximate surface area is 122 Å². The van der Waals surface area contributed by atoms with Crippen LogP contribution in [0.1, 0.15) is 45.6 Å². The van der Waals surface area contributed by atoms with Gasteiger partial charge in [0, 0.05) is 0 Å². The summed E-state index contributed by atoms with van der Waals surface area (Å²) in [6, 6.07) is 9.63. The molecule has 0 fully saturated rings. The highest BCUT2D eigenvalue weighted by Crippen LogP contribution is 2.09. The van der Waals surface area contributed by atoms with E-state index in [0.717, 1.165) is 30.4 Å². The number of hydrogen-bond donors (Lipinski definition) is 0. The smallest absolute Gasteiger partial charge is 0.315 e. The lowest BCUT2D eigenvalue weighted by atomic mass is 10.1. The molecule has 0 N–H and O–H groups in total. The monoisotopic (exact) mass is 272 g/mol. The highest BCUT2D eigenvalue weighted by atomic mass is 16.5. The fraction of sp³-hybridized carbons (Fsp3) is 0.389. The molecule has 0 amide bonds. The molecule has 2 nitrogen and oxygen atoms in total. The van der Waals surface area contributed by atoms with Gasteiger partial charge in [-0.2, -0.15) is 0 Å². The SMILES string of the molecule is CCC/C(C)=C/C/C(C)=C/OC(=O)Cc1ccccc1. The Hall–Kier alpha value is -1.83. The third-order valence-electron chi connectivity index (χ3n) is 3.00. The van der Waals surface area contributed by atoms with Gasteiger partial charge in [0.15, 0.2) is 0 Å². The van der Waals surface area contributed by atoms with E-state index in [-0.39, 0.29) is 5.97 Å². The lowest BCUT2D eigenvalue weighted by Crippen LogP contribution is -2.04. The lowest BCUT2D eigenvalue weighted by Gasteiger charge is -2.02. The molecule has 1 rings (SSSR count). The maximum atomic E-state index is 11.7. The quantitative estimate of drug-likeness (QED) is 0.404. The topological polar surface area (TPSA) is 26.3 Å². The van der Waals surface area contributed by atoms with Crippen molar-refractivity contribution < 1.29 is 9.53 Å². The molecule has 0 saturated carbocycles. The highest BCUT2D eigenvalue weighted by Gasteiger charge is 2.02. The molecule has 20 heavy (non-hydrogen) atoms. The Morgan fingerprint density at radius 2 is 1.85 bits per heavy atom. The summed E-state index contributed by atoms with van der Waals surface area (Å²) in [5.41, 5.74) is 3.42. The van der Waals surface area contributed by atoms with Crippen molar-refractivity contribution in [3.63, 3.8) is 0 Å². The van der Waals surface area contributed by atoms with Gasteiger partial charge in [-0.05, 0) is 37.8 Å². The Kier molecular flexibility index (Phi) is 7.41. The first kappa shape index (κ1) is 16.2. The molecule has 0 atom stereocenters. The summed E-state index contributed by atoms with van der Waals surface area (Å²) in [6.45, 7) is 6.29. The van der Waals surface area contributed by atoms with Crippen LogP contribution in [-0.4, -0.2) is 5.97 Å². The third-order valence-corrected chi connectivity index (χ3v) is 3.00. The second-order valence-corrected chi connectivity index (χ2v) is 5.12. The van der Waals surface area contributed by atoms with Gasteiger partial charge in [0.2, 0.25) is 0 Å². The molecule has 0 aliphatic carbocycles. The maximum Gasteiger partial charge on any atom is 0.315 e. The largest absolute Gasteiger partial charge is 0.434 e. The summed E-state index contributed by atoms with van der Waals surface area (Å²) in [5, 5.41) is 0. The predicted molar refractivity (Wildman–Crippen MR) is 83.3 cm³/mol. The Balaban J connectivity index is 2.39. The number of allylic oxidation sites excluding steroid dienone is 3. The first-order valence-electron chi connectivity index (χ1n) is 7.16. The zero-order valence-electron chi connectivity index (χ0n) is 12.7. The van der Waals surface area contributed by atoms with Gasteiger partial charge >= 0.3 is 5.97 Å². The van der Waals surface area contributed by atoms with Crippen molar-refractivity contribution >= 4 is 5.97 Å². The standard InChI is InChI=1S/C18H24O2/c1-4-8-15(2)11-12-16(3)14-20-18(19)13-17-9-6-5-7-10-17/h5-7,9-11,14H,4,8,12-13H2,1-3H3/b15-11+,16-14+. The molecule has 0 spiro atoms. The predicted octanol–water partition coefficient (Wildman–Crippen LogP) is 4.81. The van der Waals surface area contributed by atoms with E-state index >= 15 is 0 Å². The molecule has 1 aromatic carbocycles. The van der Waals surface area contributed by atoms with Gasteiger partial charge in [-0.25, -0.2) is 0 Å². The van der Waals surface area contributed by atoms with Crippen molar-refractivity contribution in [2.45, 2.75) is 46.5 Å². The van der Waals surface area contributed by atoms with Crippen LogP contribution in [0.4, 0.5) is 0 Å². The average Bonchev–Trinajstić information content (AvgIpc) is 2.44. The van der Waals surface area contributed by atoms with Gasteiger partial charge in [-0.1, -0.05) is 55.3 Å². The van der Waals surface area contributed by atoms with Crippen LogP contribution >= 0.6 is 0 Å². The first-order chi connectivity index (χ1) is 9.61. The number of ether oxygens (including phenoxy) is 1. The molecule has 0 radical (unpaired) electrons. The molecule has 0 unspecified atom stereocenters. The molecule has 0 bridgehead atoms. The minimum Gasteiger partial charge on any atom is -0.434 e. The van der Waals surface area contributed by atoms with Gasteiger partial charge in [0.25, 0.3) is 0 Å². The Bertz CT molecular complexity index is 469. The van der Waals surface area contributed by atoms with Crippen LogP contribution in [0, 0.1) is 0 Å². The number of carbonyl (C=O) groups excluding carboxylic acids is 1. The summed E-state index contributed by atoms with van der Waals surface area (Å²) < 4.78 is 5.17. The summed E-state index contributed by atoms with van der Waals surface area (Å²) in [4.78, 5) is 11.7. The van der Waals surface area contributed by atoms with Gasteiger partial charge in [0.05, 0.1) is 12.7 Å². The van der Waals surface area contributed by atoms with Crippen LogP contribution in [0.3, 0.4) is 0 Å². The Morgan fingerprint density at radius 1 is 1.15 bits per heavy atom. The summed E-state index contributed by atoms with van der Waals surface area (Å²) in [7, 11) is 0. The van der Waals surface area contributed by atoms with Gasteiger partial charge in [-0.3, -0.25) is 4.79 Å². The molecule has 0 aliphatic rings. The van der Waals surface area contributed by atoms with Gasteiger partial charge < -0.3 is 4.74 Å². The van der Waals surface area contributed by atoms with Crippen LogP contribution in [-0.2, 0) is 16.0 Å².